The summed E-state index contributed by atoms with van der Waals surface area (Å²) in [6.45, 7) is 0.701. The first-order valence-electron chi connectivity index (χ1n) is 6.70. The Morgan fingerprint density at radius 1 is 1.43 bits per heavy atom. The number of carbonyl (C=O) groups is 2. The molecule has 5 nitrogen and oxygen atoms in total. The van der Waals surface area contributed by atoms with Crippen molar-refractivity contribution in [1.29, 1.82) is 0 Å². The standard InChI is InChI=1S/C15H15NO4S/c17-14(16-9-21-8-12(16)15(18)19)4-2-10-1-3-13-11(7-10)5-6-20-13/h1-4,7,12H,5-6,8-9H2,(H,18,19)/b4-2+/t12-/m0/s1. The van der Waals surface area contributed by atoms with Gasteiger partial charge in [-0.05, 0) is 29.3 Å². The Hall–Kier alpha value is -1.95. The molecule has 2 heterocycles. The van der Waals surface area contributed by atoms with Crippen molar-refractivity contribution in [3.63, 3.8) is 0 Å². The van der Waals surface area contributed by atoms with Crippen molar-refractivity contribution >= 4 is 29.7 Å². The van der Waals surface area contributed by atoms with E-state index in [1.54, 1.807) is 6.08 Å². The minimum atomic E-state index is -0.948. The summed E-state index contributed by atoms with van der Waals surface area (Å²) in [5.74, 6) is 0.574. The number of rotatable bonds is 3. The molecule has 6 heteroatoms. The lowest BCUT2D eigenvalue weighted by molar-refractivity contribution is -0.146. The molecule has 1 aromatic carbocycles. The molecule has 110 valence electrons. The number of benzene rings is 1. The minimum absolute atomic E-state index is 0.260. The SMILES string of the molecule is O=C(O)[C@@H]1CSCN1C(=O)/C=C/c1ccc2c(c1)CCO2. The maximum absolute atomic E-state index is 12.1. The highest BCUT2D eigenvalue weighted by Crippen LogP contribution is 2.26. The van der Waals surface area contributed by atoms with Gasteiger partial charge in [0.2, 0.25) is 5.91 Å². The van der Waals surface area contributed by atoms with E-state index in [4.69, 9.17) is 9.84 Å². The number of aliphatic carboxylic acids is 1. The van der Waals surface area contributed by atoms with Gasteiger partial charge in [0.15, 0.2) is 0 Å². The molecule has 3 rings (SSSR count). The molecule has 1 N–H and O–H groups in total. The molecule has 1 atom stereocenters. The molecule has 1 fully saturated rings. The van der Waals surface area contributed by atoms with Crippen LogP contribution in [-0.2, 0) is 16.0 Å². The second kappa shape index (κ2) is 5.81. The zero-order valence-corrected chi connectivity index (χ0v) is 12.1. The second-order valence-electron chi connectivity index (χ2n) is 4.96. The average Bonchev–Trinajstić information content (AvgIpc) is 3.12. The van der Waals surface area contributed by atoms with Gasteiger partial charge < -0.3 is 14.7 Å². The first-order valence-corrected chi connectivity index (χ1v) is 7.85. The Balaban J connectivity index is 1.71. The smallest absolute Gasteiger partial charge is 0.327 e. The van der Waals surface area contributed by atoms with E-state index in [9.17, 15) is 9.59 Å². The van der Waals surface area contributed by atoms with Crippen molar-refractivity contribution in [1.82, 2.24) is 4.90 Å². The maximum atomic E-state index is 12.1. The van der Waals surface area contributed by atoms with Gasteiger partial charge in [0, 0.05) is 18.2 Å². The highest BCUT2D eigenvalue weighted by Gasteiger charge is 2.33. The summed E-state index contributed by atoms with van der Waals surface area (Å²) < 4.78 is 5.43. The molecular weight excluding hydrogens is 290 g/mol. The first kappa shape index (κ1) is 14.0. The summed E-state index contributed by atoms with van der Waals surface area (Å²) in [7, 11) is 0. The van der Waals surface area contributed by atoms with E-state index in [-0.39, 0.29) is 5.91 Å². The quantitative estimate of drug-likeness (QED) is 0.860. The van der Waals surface area contributed by atoms with Crippen LogP contribution in [0.3, 0.4) is 0 Å². The van der Waals surface area contributed by atoms with Gasteiger partial charge in [-0.3, -0.25) is 4.79 Å². The predicted octanol–water partition coefficient (Wildman–Crippen LogP) is 1.62. The third-order valence-electron chi connectivity index (χ3n) is 3.58. The number of amides is 1. The molecule has 0 aromatic heterocycles. The summed E-state index contributed by atoms with van der Waals surface area (Å²) in [6.07, 6.45) is 4.05. The van der Waals surface area contributed by atoms with E-state index < -0.39 is 12.0 Å². The zero-order chi connectivity index (χ0) is 14.8. The number of hydrogen-bond donors (Lipinski definition) is 1. The van der Waals surface area contributed by atoms with Crippen LogP contribution >= 0.6 is 11.8 Å². The Morgan fingerprint density at radius 2 is 2.29 bits per heavy atom. The Morgan fingerprint density at radius 3 is 3.10 bits per heavy atom. The Labute approximate surface area is 126 Å². The third kappa shape index (κ3) is 2.90. The molecule has 0 aliphatic carbocycles. The first-order chi connectivity index (χ1) is 10.1. The van der Waals surface area contributed by atoms with Crippen LogP contribution in [0.4, 0.5) is 0 Å². The van der Waals surface area contributed by atoms with Crippen molar-refractivity contribution in [2.24, 2.45) is 0 Å². The van der Waals surface area contributed by atoms with E-state index >= 15 is 0 Å². The lowest BCUT2D eigenvalue weighted by atomic mass is 10.1. The number of fused-ring (bicyclic) bond motifs is 1. The number of carboxylic acids is 1. The molecule has 1 aromatic rings. The summed E-state index contributed by atoms with van der Waals surface area (Å²) in [5, 5.41) is 9.08. The minimum Gasteiger partial charge on any atom is -0.493 e. The van der Waals surface area contributed by atoms with Gasteiger partial charge in [0.25, 0.3) is 0 Å². The van der Waals surface area contributed by atoms with Gasteiger partial charge in [0.1, 0.15) is 11.8 Å². The van der Waals surface area contributed by atoms with Crippen molar-refractivity contribution in [2.75, 3.05) is 18.2 Å². The Kier molecular flexibility index (Phi) is 3.88. The van der Waals surface area contributed by atoms with Crippen LogP contribution in [0.2, 0.25) is 0 Å². The predicted molar refractivity (Wildman–Crippen MR) is 80.3 cm³/mol. The van der Waals surface area contributed by atoms with Crippen LogP contribution < -0.4 is 4.74 Å². The molecule has 0 saturated carbocycles. The third-order valence-corrected chi connectivity index (χ3v) is 4.59. The van der Waals surface area contributed by atoms with Crippen LogP contribution in [0.25, 0.3) is 6.08 Å². The maximum Gasteiger partial charge on any atom is 0.327 e. The van der Waals surface area contributed by atoms with Crippen LogP contribution in [-0.4, -0.2) is 46.2 Å². The van der Waals surface area contributed by atoms with E-state index in [1.165, 1.54) is 22.7 Å². The zero-order valence-electron chi connectivity index (χ0n) is 11.3. The van der Waals surface area contributed by atoms with Gasteiger partial charge in [-0.2, -0.15) is 0 Å². The fourth-order valence-electron chi connectivity index (χ4n) is 2.44. The van der Waals surface area contributed by atoms with Crippen molar-refractivity contribution in [3.8, 4) is 5.75 Å². The normalized spacial score (nSPS) is 20.6. The summed E-state index contributed by atoms with van der Waals surface area (Å²) in [6, 6.07) is 5.07. The number of thioether (sulfide) groups is 1. The number of carboxylic acid groups (broad SMARTS) is 1. The lowest BCUT2D eigenvalue weighted by Crippen LogP contribution is -2.40. The van der Waals surface area contributed by atoms with E-state index in [1.807, 2.05) is 18.2 Å². The monoisotopic (exact) mass is 305 g/mol. The van der Waals surface area contributed by atoms with Gasteiger partial charge >= 0.3 is 5.97 Å². The highest BCUT2D eigenvalue weighted by molar-refractivity contribution is 7.99. The van der Waals surface area contributed by atoms with Gasteiger partial charge in [-0.1, -0.05) is 6.07 Å². The van der Waals surface area contributed by atoms with Gasteiger partial charge in [-0.25, -0.2) is 4.79 Å². The van der Waals surface area contributed by atoms with Crippen LogP contribution in [0, 0.1) is 0 Å². The van der Waals surface area contributed by atoms with Crippen LogP contribution in [0.5, 0.6) is 5.75 Å². The van der Waals surface area contributed by atoms with Crippen molar-refractivity contribution in [2.45, 2.75) is 12.5 Å². The van der Waals surface area contributed by atoms with Gasteiger partial charge in [-0.15, -0.1) is 11.8 Å². The van der Waals surface area contributed by atoms with Crippen molar-refractivity contribution < 1.29 is 19.4 Å². The second-order valence-corrected chi connectivity index (χ2v) is 5.96. The summed E-state index contributed by atoms with van der Waals surface area (Å²) in [4.78, 5) is 24.6. The number of hydrogen-bond acceptors (Lipinski definition) is 4. The van der Waals surface area contributed by atoms with E-state index in [2.05, 4.69) is 0 Å². The molecule has 0 spiro atoms. The number of carbonyl (C=O) groups excluding carboxylic acids is 1. The molecule has 0 bridgehead atoms. The van der Waals surface area contributed by atoms with Crippen LogP contribution in [0.1, 0.15) is 11.1 Å². The lowest BCUT2D eigenvalue weighted by Gasteiger charge is -2.18. The summed E-state index contributed by atoms with van der Waals surface area (Å²) in [5.41, 5.74) is 2.07. The van der Waals surface area contributed by atoms with Crippen molar-refractivity contribution in [3.05, 3.63) is 35.4 Å². The molecule has 0 unspecified atom stereocenters. The fraction of sp³-hybridized carbons (Fsp3) is 0.333. The number of nitrogens with zero attached hydrogens (tertiary/aromatic N) is 1. The fourth-order valence-corrected chi connectivity index (χ4v) is 3.59. The molecule has 1 saturated heterocycles. The summed E-state index contributed by atoms with van der Waals surface area (Å²) >= 11 is 1.46. The topological polar surface area (TPSA) is 66.8 Å². The largest absolute Gasteiger partial charge is 0.493 e. The van der Waals surface area contributed by atoms with E-state index in [0.717, 1.165) is 23.3 Å². The molecule has 1 amide bonds. The highest BCUT2D eigenvalue weighted by atomic mass is 32.2. The molecule has 21 heavy (non-hydrogen) atoms. The molecule has 0 radical (unpaired) electrons. The average molecular weight is 305 g/mol. The molecule has 2 aliphatic rings. The molecule has 2 aliphatic heterocycles. The van der Waals surface area contributed by atoms with Crippen LogP contribution in [0.15, 0.2) is 24.3 Å². The number of ether oxygens (including phenoxy) is 1. The Bertz CT molecular complexity index is 614. The van der Waals surface area contributed by atoms with Gasteiger partial charge in [0.05, 0.1) is 12.5 Å². The van der Waals surface area contributed by atoms with E-state index in [0.29, 0.717) is 18.2 Å². The molecular formula is C15H15NO4S.